The van der Waals surface area contributed by atoms with Crippen molar-refractivity contribution in [1.29, 1.82) is 0 Å². The van der Waals surface area contributed by atoms with Crippen molar-refractivity contribution in [1.82, 2.24) is 10.6 Å². The van der Waals surface area contributed by atoms with E-state index < -0.39 is 0 Å². The number of rotatable bonds is 7. The van der Waals surface area contributed by atoms with Gasteiger partial charge in [0, 0.05) is 11.0 Å². The standard InChI is InChI=1S/C15H21BrN2O3/c1-3-11(2)14(19)21-9-8-17-15(20)18-10-12-4-6-13(16)7-5-12/h4-7,11H,3,8-10H2,1-2H3,(H2,17,18,20). The van der Waals surface area contributed by atoms with E-state index in [0.717, 1.165) is 16.5 Å². The molecule has 1 aromatic rings. The molecule has 1 rings (SSSR count). The molecule has 116 valence electrons. The van der Waals surface area contributed by atoms with Gasteiger partial charge < -0.3 is 15.4 Å². The van der Waals surface area contributed by atoms with Crippen LogP contribution in [0.1, 0.15) is 25.8 Å². The van der Waals surface area contributed by atoms with E-state index in [1.54, 1.807) is 0 Å². The summed E-state index contributed by atoms with van der Waals surface area (Å²) < 4.78 is 6.03. The summed E-state index contributed by atoms with van der Waals surface area (Å²) in [6, 6.07) is 7.42. The molecule has 0 aliphatic carbocycles. The van der Waals surface area contributed by atoms with E-state index in [0.29, 0.717) is 13.1 Å². The summed E-state index contributed by atoms with van der Waals surface area (Å²) >= 11 is 3.35. The zero-order valence-electron chi connectivity index (χ0n) is 12.3. The van der Waals surface area contributed by atoms with Gasteiger partial charge >= 0.3 is 12.0 Å². The Morgan fingerprint density at radius 1 is 1.24 bits per heavy atom. The molecule has 1 aromatic carbocycles. The predicted molar refractivity (Wildman–Crippen MR) is 84.8 cm³/mol. The van der Waals surface area contributed by atoms with E-state index in [9.17, 15) is 9.59 Å². The molecule has 0 fully saturated rings. The van der Waals surface area contributed by atoms with Crippen LogP contribution in [0.5, 0.6) is 0 Å². The molecule has 0 aliphatic rings. The van der Waals surface area contributed by atoms with Crippen LogP contribution in [0.4, 0.5) is 4.79 Å². The maximum Gasteiger partial charge on any atom is 0.315 e. The average Bonchev–Trinajstić information content (AvgIpc) is 2.49. The van der Waals surface area contributed by atoms with Crippen molar-refractivity contribution in [2.75, 3.05) is 13.2 Å². The molecule has 0 aliphatic heterocycles. The highest BCUT2D eigenvalue weighted by molar-refractivity contribution is 9.10. The van der Waals surface area contributed by atoms with E-state index in [1.165, 1.54) is 0 Å². The highest BCUT2D eigenvalue weighted by Crippen LogP contribution is 2.10. The molecule has 5 nitrogen and oxygen atoms in total. The Hall–Kier alpha value is -1.56. The first-order chi connectivity index (χ1) is 10.0. The number of hydrogen-bond donors (Lipinski definition) is 2. The molecule has 0 spiro atoms. The minimum atomic E-state index is -0.280. The van der Waals surface area contributed by atoms with Crippen molar-refractivity contribution in [3.63, 3.8) is 0 Å². The molecular formula is C15H21BrN2O3. The minimum absolute atomic E-state index is 0.101. The van der Waals surface area contributed by atoms with E-state index >= 15 is 0 Å². The van der Waals surface area contributed by atoms with Crippen molar-refractivity contribution >= 4 is 27.9 Å². The third kappa shape index (κ3) is 7.13. The first-order valence-corrected chi connectivity index (χ1v) is 7.75. The molecule has 0 radical (unpaired) electrons. The van der Waals surface area contributed by atoms with Gasteiger partial charge in [0.05, 0.1) is 12.5 Å². The van der Waals surface area contributed by atoms with Gasteiger partial charge in [0.15, 0.2) is 0 Å². The van der Waals surface area contributed by atoms with Crippen LogP contribution in [-0.4, -0.2) is 25.2 Å². The summed E-state index contributed by atoms with van der Waals surface area (Å²) in [5.74, 6) is -0.328. The SMILES string of the molecule is CCC(C)C(=O)OCCNC(=O)NCc1ccc(Br)cc1. The Bertz CT molecular complexity index is 462. The predicted octanol–water partition coefficient (Wildman–Crippen LogP) is 2.84. The molecule has 6 heteroatoms. The van der Waals surface area contributed by atoms with Crippen LogP contribution >= 0.6 is 15.9 Å². The average molecular weight is 357 g/mol. The van der Waals surface area contributed by atoms with E-state index in [1.807, 2.05) is 38.1 Å². The van der Waals surface area contributed by atoms with Gasteiger partial charge in [-0.2, -0.15) is 0 Å². The largest absolute Gasteiger partial charge is 0.464 e. The molecule has 1 atom stereocenters. The number of halogens is 1. The van der Waals surface area contributed by atoms with Crippen LogP contribution in [0, 0.1) is 5.92 Å². The number of nitrogens with one attached hydrogen (secondary N) is 2. The Kier molecular flexibility index (Phi) is 7.82. The molecule has 0 aromatic heterocycles. The molecule has 0 saturated heterocycles. The second-order valence-electron chi connectivity index (χ2n) is 4.71. The number of ether oxygens (including phenoxy) is 1. The van der Waals surface area contributed by atoms with Crippen molar-refractivity contribution in [2.24, 2.45) is 5.92 Å². The number of hydrogen-bond acceptors (Lipinski definition) is 3. The third-order valence-corrected chi connectivity index (χ3v) is 3.54. The lowest BCUT2D eigenvalue weighted by Crippen LogP contribution is -2.37. The molecule has 0 heterocycles. The lowest BCUT2D eigenvalue weighted by molar-refractivity contribution is -0.147. The number of urea groups is 1. The third-order valence-electron chi connectivity index (χ3n) is 3.01. The topological polar surface area (TPSA) is 67.4 Å². The van der Waals surface area contributed by atoms with Gasteiger partial charge in [-0.1, -0.05) is 41.9 Å². The number of benzene rings is 1. The molecular weight excluding hydrogens is 336 g/mol. The molecule has 2 amide bonds. The lowest BCUT2D eigenvalue weighted by Gasteiger charge is -2.10. The van der Waals surface area contributed by atoms with Crippen molar-refractivity contribution in [3.8, 4) is 0 Å². The fraction of sp³-hybridized carbons (Fsp3) is 0.467. The molecule has 0 bridgehead atoms. The molecule has 21 heavy (non-hydrogen) atoms. The van der Waals surface area contributed by atoms with Crippen LogP contribution < -0.4 is 10.6 Å². The van der Waals surface area contributed by atoms with Crippen molar-refractivity contribution < 1.29 is 14.3 Å². The van der Waals surface area contributed by atoms with Crippen LogP contribution in [-0.2, 0) is 16.1 Å². The summed E-state index contributed by atoms with van der Waals surface area (Å²) in [6.07, 6.45) is 0.750. The fourth-order valence-corrected chi connectivity index (χ4v) is 1.74. The van der Waals surface area contributed by atoms with Crippen LogP contribution in [0.15, 0.2) is 28.7 Å². The Morgan fingerprint density at radius 3 is 2.52 bits per heavy atom. The second kappa shape index (κ2) is 9.39. The quantitative estimate of drug-likeness (QED) is 0.583. The van der Waals surface area contributed by atoms with Gasteiger partial charge in [0.1, 0.15) is 6.61 Å². The monoisotopic (exact) mass is 356 g/mol. The van der Waals surface area contributed by atoms with Crippen LogP contribution in [0.3, 0.4) is 0 Å². The highest BCUT2D eigenvalue weighted by Gasteiger charge is 2.11. The number of esters is 1. The van der Waals surface area contributed by atoms with Crippen LogP contribution in [0.2, 0.25) is 0 Å². The Balaban J connectivity index is 2.14. The van der Waals surface area contributed by atoms with Gasteiger partial charge in [0.2, 0.25) is 0 Å². The van der Waals surface area contributed by atoms with E-state index in [4.69, 9.17) is 4.74 Å². The zero-order valence-corrected chi connectivity index (χ0v) is 13.9. The highest BCUT2D eigenvalue weighted by atomic mass is 79.9. The van der Waals surface area contributed by atoms with Crippen LogP contribution in [0.25, 0.3) is 0 Å². The van der Waals surface area contributed by atoms with Gasteiger partial charge in [-0.3, -0.25) is 4.79 Å². The van der Waals surface area contributed by atoms with E-state index in [-0.39, 0.29) is 24.5 Å². The normalized spacial score (nSPS) is 11.6. The summed E-state index contributed by atoms with van der Waals surface area (Å²) in [7, 11) is 0. The van der Waals surface area contributed by atoms with Crippen molar-refractivity contribution in [2.45, 2.75) is 26.8 Å². The molecule has 0 saturated carbocycles. The number of carbonyl (C=O) groups is 2. The molecule has 2 N–H and O–H groups in total. The van der Waals surface area contributed by atoms with Gasteiger partial charge in [0.25, 0.3) is 0 Å². The summed E-state index contributed by atoms with van der Waals surface area (Å²) in [6.45, 7) is 4.69. The number of carbonyl (C=O) groups excluding carboxylic acids is 2. The summed E-state index contributed by atoms with van der Waals surface area (Å²) in [5.41, 5.74) is 1.01. The van der Waals surface area contributed by atoms with E-state index in [2.05, 4.69) is 26.6 Å². The Labute approximate surface area is 133 Å². The fourth-order valence-electron chi connectivity index (χ4n) is 1.47. The molecule has 1 unspecified atom stereocenters. The first-order valence-electron chi connectivity index (χ1n) is 6.95. The Morgan fingerprint density at radius 2 is 1.90 bits per heavy atom. The van der Waals surface area contributed by atoms with Gasteiger partial charge in [-0.05, 0) is 24.1 Å². The zero-order chi connectivity index (χ0) is 15.7. The minimum Gasteiger partial charge on any atom is -0.464 e. The lowest BCUT2D eigenvalue weighted by atomic mass is 10.1. The second-order valence-corrected chi connectivity index (χ2v) is 5.63. The first kappa shape index (κ1) is 17.5. The smallest absolute Gasteiger partial charge is 0.315 e. The maximum atomic E-state index is 11.5. The number of amides is 2. The summed E-state index contributed by atoms with van der Waals surface area (Å²) in [5, 5.41) is 5.37. The summed E-state index contributed by atoms with van der Waals surface area (Å²) in [4.78, 5) is 22.9. The van der Waals surface area contributed by atoms with Gasteiger partial charge in [-0.25, -0.2) is 4.79 Å². The van der Waals surface area contributed by atoms with Gasteiger partial charge in [-0.15, -0.1) is 0 Å². The van der Waals surface area contributed by atoms with Crippen molar-refractivity contribution in [3.05, 3.63) is 34.3 Å². The maximum absolute atomic E-state index is 11.5.